The van der Waals surface area contributed by atoms with Crippen LogP contribution in [0.15, 0.2) is 12.1 Å². The van der Waals surface area contributed by atoms with Gasteiger partial charge in [-0.3, -0.25) is 4.79 Å². The molecule has 1 aromatic carbocycles. The van der Waals surface area contributed by atoms with Gasteiger partial charge in [-0.25, -0.2) is 21.2 Å². The zero-order chi connectivity index (χ0) is 20.3. The topological polar surface area (TPSA) is 159 Å². The Labute approximate surface area is 150 Å². The van der Waals surface area contributed by atoms with Gasteiger partial charge in [0.2, 0.25) is 20.0 Å². The van der Waals surface area contributed by atoms with Crippen molar-refractivity contribution in [1.82, 2.24) is 0 Å². The summed E-state index contributed by atoms with van der Waals surface area (Å²) in [6.45, 7) is 2.43. The quantitative estimate of drug-likeness (QED) is 0.616. The number of hydrogen-bond acceptors (Lipinski definition) is 7. The van der Waals surface area contributed by atoms with Gasteiger partial charge in [0, 0.05) is 6.42 Å². The van der Waals surface area contributed by atoms with E-state index in [2.05, 4.69) is 0 Å². The summed E-state index contributed by atoms with van der Waals surface area (Å²) in [6, 6.07) is 1.54. The molecule has 3 N–H and O–H groups in total. The average Bonchev–Trinajstić information content (AvgIpc) is 2.56. The second kappa shape index (κ2) is 7.98. The third-order valence-corrected chi connectivity index (χ3v) is 7.70. The van der Waals surface area contributed by atoms with Crippen molar-refractivity contribution in [3.8, 4) is 6.07 Å². The molecular formula is C14H18FN3O6S2. The molecule has 0 aromatic heterocycles. The van der Waals surface area contributed by atoms with Gasteiger partial charge in [-0.1, -0.05) is 0 Å². The van der Waals surface area contributed by atoms with Crippen LogP contribution >= 0.6 is 0 Å². The first kappa shape index (κ1) is 21.8. The molecule has 0 saturated carbocycles. The molecule has 26 heavy (non-hydrogen) atoms. The molecule has 0 radical (unpaired) electrons. The Balaban J connectivity index is 3.76. The standard InChI is InChI=1S/C14H18FN3O6S2/c1-3-25(21,22)18(26(23,24)4-2)13-7-9(6-12(17)14(19)20)11(15)5-10(13)8-16/h5,7,12H,3-4,6,17H2,1-2H3,(H,19,20)/t12-/m0/s1. The predicted octanol–water partition coefficient (Wildman–Crippen LogP) is 0.158. The molecule has 144 valence electrons. The first-order chi connectivity index (χ1) is 11.9. The van der Waals surface area contributed by atoms with Gasteiger partial charge < -0.3 is 10.8 Å². The van der Waals surface area contributed by atoms with Crippen molar-refractivity contribution in [3.05, 3.63) is 29.1 Å². The monoisotopic (exact) mass is 407 g/mol. The number of aliphatic carboxylic acids is 1. The zero-order valence-corrected chi connectivity index (χ0v) is 15.6. The number of anilines is 1. The van der Waals surface area contributed by atoms with E-state index >= 15 is 0 Å². The number of rotatable bonds is 8. The van der Waals surface area contributed by atoms with Gasteiger partial charge in [0.1, 0.15) is 17.9 Å². The molecule has 1 rings (SSSR count). The molecule has 0 aliphatic heterocycles. The summed E-state index contributed by atoms with van der Waals surface area (Å²) in [4.78, 5) is 10.9. The van der Waals surface area contributed by atoms with E-state index in [1.807, 2.05) is 0 Å². The highest BCUT2D eigenvalue weighted by molar-refractivity contribution is 8.10. The van der Waals surface area contributed by atoms with E-state index in [9.17, 15) is 31.3 Å². The lowest BCUT2D eigenvalue weighted by Gasteiger charge is -2.24. The van der Waals surface area contributed by atoms with Crippen LogP contribution in [-0.4, -0.2) is 45.5 Å². The van der Waals surface area contributed by atoms with Crippen LogP contribution in [-0.2, 0) is 31.3 Å². The van der Waals surface area contributed by atoms with Crippen molar-refractivity contribution >= 4 is 31.7 Å². The highest BCUT2D eigenvalue weighted by Gasteiger charge is 2.34. The minimum atomic E-state index is -4.37. The maximum Gasteiger partial charge on any atom is 0.320 e. The molecule has 1 atom stereocenters. The fraction of sp³-hybridized carbons (Fsp3) is 0.429. The van der Waals surface area contributed by atoms with Crippen LogP contribution in [0.3, 0.4) is 0 Å². The minimum absolute atomic E-state index is 0.0911. The average molecular weight is 407 g/mol. The number of halogens is 1. The van der Waals surface area contributed by atoms with E-state index in [4.69, 9.17) is 10.8 Å². The van der Waals surface area contributed by atoms with Crippen molar-refractivity contribution in [2.24, 2.45) is 5.73 Å². The van der Waals surface area contributed by atoms with Gasteiger partial charge in [0.15, 0.2) is 0 Å². The van der Waals surface area contributed by atoms with Crippen LogP contribution in [0.1, 0.15) is 25.0 Å². The smallest absolute Gasteiger partial charge is 0.320 e. The Bertz CT molecular complexity index is 920. The summed E-state index contributed by atoms with van der Waals surface area (Å²) in [5.41, 5.74) is 3.95. The molecule has 0 unspecified atom stereocenters. The summed E-state index contributed by atoms with van der Waals surface area (Å²) < 4.78 is 63.5. The van der Waals surface area contributed by atoms with Gasteiger partial charge in [-0.05, 0) is 31.5 Å². The SMILES string of the molecule is CCS(=O)(=O)N(c1cc(C[C@H](N)C(=O)O)c(F)cc1C#N)S(=O)(=O)CC. The van der Waals surface area contributed by atoms with Crippen LogP contribution in [0, 0.1) is 17.1 Å². The summed E-state index contributed by atoms with van der Waals surface area (Å²) >= 11 is 0. The third kappa shape index (κ3) is 4.48. The molecule has 0 fully saturated rings. The fourth-order valence-corrected chi connectivity index (χ4v) is 5.42. The van der Waals surface area contributed by atoms with Crippen LogP contribution in [0.5, 0.6) is 0 Å². The Kier molecular flexibility index (Phi) is 6.70. The Morgan fingerprint density at radius 1 is 1.27 bits per heavy atom. The van der Waals surface area contributed by atoms with Crippen molar-refractivity contribution in [2.75, 3.05) is 15.2 Å². The molecule has 0 bridgehead atoms. The van der Waals surface area contributed by atoms with E-state index in [1.54, 1.807) is 6.07 Å². The number of carboxylic acids is 1. The largest absolute Gasteiger partial charge is 0.480 e. The lowest BCUT2D eigenvalue weighted by Crippen LogP contribution is -2.39. The fourth-order valence-electron chi connectivity index (χ4n) is 2.03. The highest BCUT2D eigenvalue weighted by atomic mass is 32.3. The number of hydrogen-bond donors (Lipinski definition) is 2. The molecule has 12 heteroatoms. The van der Waals surface area contributed by atoms with Gasteiger partial charge in [0.25, 0.3) is 0 Å². The maximum absolute atomic E-state index is 14.1. The van der Waals surface area contributed by atoms with Crippen molar-refractivity contribution in [2.45, 2.75) is 26.3 Å². The van der Waals surface area contributed by atoms with E-state index in [0.29, 0.717) is 6.07 Å². The van der Waals surface area contributed by atoms with Crippen molar-refractivity contribution < 1.29 is 31.1 Å². The Hall–Kier alpha value is -2.23. The molecule has 0 spiro atoms. The van der Waals surface area contributed by atoms with Gasteiger partial charge >= 0.3 is 5.97 Å². The van der Waals surface area contributed by atoms with Gasteiger partial charge in [-0.2, -0.15) is 8.97 Å². The van der Waals surface area contributed by atoms with E-state index in [1.165, 1.54) is 13.8 Å². The number of nitrogens with zero attached hydrogens (tertiary/aromatic N) is 2. The van der Waals surface area contributed by atoms with Crippen molar-refractivity contribution in [3.63, 3.8) is 0 Å². The van der Waals surface area contributed by atoms with Crippen LogP contribution < -0.4 is 9.44 Å². The van der Waals surface area contributed by atoms with Crippen LogP contribution in [0.4, 0.5) is 10.1 Å². The molecule has 0 amide bonds. The van der Waals surface area contributed by atoms with Crippen LogP contribution in [0.25, 0.3) is 0 Å². The highest BCUT2D eigenvalue weighted by Crippen LogP contribution is 2.30. The Morgan fingerprint density at radius 3 is 2.15 bits per heavy atom. The number of nitriles is 1. The normalized spacial score (nSPS) is 13.0. The summed E-state index contributed by atoms with van der Waals surface area (Å²) in [6.07, 6.45) is -0.522. The molecule has 0 aliphatic carbocycles. The first-order valence-electron chi connectivity index (χ1n) is 7.38. The summed E-state index contributed by atoms with van der Waals surface area (Å²) in [7, 11) is -8.73. The third-order valence-electron chi connectivity index (χ3n) is 3.47. The van der Waals surface area contributed by atoms with Crippen molar-refractivity contribution in [1.29, 1.82) is 5.26 Å². The van der Waals surface area contributed by atoms with Gasteiger partial charge in [0.05, 0.1) is 22.8 Å². The second-order valence-corrected chi connectivity index (χ2v) is 9.66. The molecule has 9 nitrogen and oxygen atoms in total. The van der Waals surface area contributed by atoms with Crippen LogP contribution in [0.2, 0.25) is 0 Å². The number of sulfonamides is 2. The molecule has 1 aromatic rings. The lowest BCUT2D eigenvalue weighted by molar-refractivity contribution is -0.138. The van der Waals surface area contributed by atoms with E-state index in [0.717, 1.165) is 6.07 Å². The van der Waals surface area contributed by atoms with E-state index in [-0.39, 0.29) is 9.27 Å². The first-order valence-corrected chi connectivity index (χ1v) is 10.6. The molecule has 0 aliphatic rings. The van der Waals surface area contributed by atoms with E-state index < -0.39 is 67.1 Å². The molecule has 0 heterocycles. The number of nitrogens with two attached hydrogens (primary N) is 1. The summed E-state index contributed by atoms with van der Waals surface area (Å²) in [5.74, 6) is -3.59. The minimum Gasteiger partial charge on any atom is -0.480 e. The molecular weight excluding hydrogens is 389 g/mol. The maximum atomic E-state index is 14.1. The summed E-state index contributed by atoms with van der Waals surface area (Å²) in [5, 5.41) is 18.0. The molecule has 0 saturated heterocycles. The number of carbonyl (C=O) groups is 1. The predicted molar refractivity (Wildman–Crippen MR) is 91.8 cm³/mol. The number of benzene rings is 1. The second-order valence-electron chi connectivity index (χ2n) is 5.22. The van der Waals surface area contributed by atoms with Gasteiger partial charge in [-0.15, -0.1) is 0 Å². The lowest BCUT2D eigenvalue weighted by atomic mass is 10.0. The Morgan fingerprint density at radius 2 is 1.77 bits per heavy atom. The zero-order valence-electron chi connectivity index (χ0n) is 14.0. The number of carboxylic acid groups (broad SMARTS) is 1.